The molecule has 4 nitrogen and oxygen atoms in total. The molecule has 0 amide bonds. The molecule has 0 aromatic rings. The summed E-state index contributed by atoms with van der Waals surface area (Å²) in [5.74, 6) is 1.71. The molecule has 106 valence electrons. The number of piperidine rings is 1. The van der Waals surface area contributed by atoms with E-state index >= 15 is 0 Å². The second kappa shape index (κ2) is 9.20. The predicted molar refractivity (Wildman–Crippen MR) is 79.1 cm³/mol. The summed E-state index contributed by atoms with van der Waals surface area (Å²) in [7, 11) is 0. The summed E-state index contributed by atoms with van der Waals surface area (Å²) >= 11 is 0. The summed E-state index contributed by atoms with van der Waals surface area (Å²) in [6, 6.07) is 0. The molecule has 0 bridgehead atoms. The van der Waals surface area contributed by atoms with Crippen LogP contribution in [0.5, 0.6) is 0 Å². The van der Waals surface area contributed by atoms with Gasteiger partial charge in [0.15, 0.2) is 5.96 Å². The average Bonchev–Trinajstić information content (AvgIpc) is 2.42. The van der Waals surface area contributed by atoms with Gasteiger partial charge in [-0.15, -0.1) is 0 Å². The quantitative estimate of drug-likeness (QED) is 0.560. The van der Waals surface area contributed by atoms with Gasteiger partial charge in [-0.05, 0) is 45.2 Å². The van der Waals surface area contributed by atoms with E-state index in [0.29, 0.717) is 0 Å². The Hall–Kier alpha value is -0.770. The van der Waals surface area contributed by atoms with Crippen LogP contribution >= 0.6 is 0 Å². The van der Waals surface area contributed by atoms with E-state index in [1.807, 2.05) is 0 Å². The van der Waals surface area contributed by atoms with Crippen molar-refractivity contribution in [3.63, 3.8) is 0 Å². The number of guanidine groups is 1. The van der Waals surface area contributed by atoms with Gasteiger partial charge >= 0.3 is 0 Å². The Kier molecular flexibility index (Phi) is 7.81. The molecule has 1 atom stereocenters. The lowest BCUT2D eigenvalue weighted by Gasteiger charge is -2.31. The third kappa shape index (κ3) is 5.71. The van der Waals surface area contributed by atoms with Crippen LogP contribution in [0.4, 0.5) is 0 Å². The molecule has 4 heteroatoms. The van der Waals surface area contributed by atoms with Crippen molar-refractivity contribution in [2.45, 2.75) is 40.0 Å². The number of nitrogens with one attached hydrogen (secondary N) is 2. The van der Waals surface area contributed by atoms with Crippen LogP contribution in [0, 0.1) is 5.92 Å². The van der Waals surface area contributed by atoms with E-state index in [1.165, 1.54) is 32.5 Å². The lowest BCUT2D eigenvalue weighted by molar-refractivity contribution is 0.186. The fraction of sp³-hybridized carbons (Fsp3) is 0.929. The zero-order valence-electron chi connectivity index (χ0n) is 12.3. The molecule has 1 aliphatic rings. The van der Waals surface area contributed by atoms with Gasteiger partial charge in [0.25, 0.3) is 0 Å². The van der Waals surface area contributed by atoms with E-state index in [2.05, 4.69) is 36.3 Å². The van der Waals surface area contributed by atoms with Crippen molar-refractivity contribution in [3.8, 4) is 0 Å². The third-order valence-electron chi connectivity index (χ3n) is 3.44. The van der Waals surface area contributed by atoms with Gasteiger partial charge in [-0.1, -0.05) is 13.8 Å². The van der Waals surface area contributed by atoms with Gasteiger partial charge in [0.2, 0.25) is 0 Å². The zero-order chi connectivity index (χ0) is 13.2. The highest BCUT2D eigenvalue weighted by atomic mass is 15.2. The molecule has 1 heterocycles. The molecule has 0 aromatic carbocycles. The first-order valence-electron chi connectivity index (χ1n) is 7.54. The second-order valence-electron chi connectivity index (χ2n) is 5.05. The van der Waals surface area contributed by atoms with Gasteiger partial charge in [0.1, 0.15) is 0 Å². The predicted octanol–water partition coefficient (Wildman–Crippen LogP) is 1.68. The molecular formula is C14H30N4. The molecule has 18 heavy (non-hydrogen) atoms. The molecule has 0 aromatic heterocycles. The van der Waals surface area contributed by atoms with Crippen LogP contribution in [0.2, 0.25) is 0 Å². The molecule has 1 saturated heterocycles. The Morgan fingerprint density at radius 3 is 2.78 bits per heavy atom. The van der Waals surface area contributed by atoms with Gasteiger partial charge < -0.3 is 15.5 Å². The lowest BCUT2D eigenvalue weighted by atomic mass is 9.98. The molecule has 1 rings (SSSR count). The van der Waals surface area contributed by atoms with Crippen molar-refractivity contribution in [1.29, 1.82) is 0 Å². The Balaban J connectivity index is 2.37. The largest absolute Gasteiger partial charge is 0.357 e. The first-order valence-corrected chi connectivity index (χ1v) is 7.54. The molecule has 0 spiro atoms. The summed E-state index contributed by atoms with van der Waals surface area (Å²) in [4.78, 5) is 7.25. The Labute approximate surface area is 112 Å². The molecular weight excluding hydrogens is 224 g/mol. The minimum absolute atomic E-state index is 0.732. The van der Waals surface area contributed by atoms with Crippen LogP contribution in [-0.2, 0) is 0 Å². The van der Waals surface area contributed by atoms with Crippen molar-refractivity contribution < 1.29 is 0 Å². The maximum absolute atomic E-state index is 4.71. The maximum Gasteiger partial charge on any atom is 0.191 e. The Morgan fingerprint density at radius 2 is 2.11 bits per heavy atom. The smallest absolute Gasteiger partial charge is 0.191 e. The molecule has 1 unspecified atom stereocenters. The SMILES string of the molecule is CCCNC(=NCC1CCCN(CC)C1)NCC. The van der Waals surface area contributed by atoms with Gasteiger partial charge in [-0.3, -0.25) is 4.99 Å². The Morgan fingerprint density at radius 1 is 1.28 bits per heavy atom. The standard InChI is InChI=1S/C14H30N4/c1-4-9-16-14(15-5-2)17-11-13-8-7-10-18(6-3)12-13/h13H,4-12H2,1-3H3,(H2,15,16,17). The number of hydrogen-bond acceptors (Lipinski definition) is 2. The van der Waals surface area contributed by atoms with Crippen LogP contribution in [0.25, 0.3) is 0 Å². The van der Waals surface area contributed by atoms with Crippen molar-refractivity contribution in [2.75, 3.05) is 39.3 Å². The Bertz CT molecular complexity index is 240. The lowest BCUT2D eigenvalue weighted by Crippen LogP contribution is -2.39. The molecule has 1 fully saturated rings. The molecule has 1 aliphatic heterocycles. The number of likely N-dealkylation sites (tertiary alicyclic amines) is 1. The zero-order valence-corrected chi connectivity index (χ0v) is 12.3. The number of aliphatic imine (C=N–C) groups is 1. The van der Waals surface area contributed by atoms with E-state index in [4.69, 9.17) is 4.99 Å². The van der Waals surface area contributed by atoms with Crippen LogP contribution in [0.15, 0.2) is 4.99 Å². The van der Waals surface area contributed by atoms with Crippen molar-refractivity contribution >= 4 is 5.96 Å². The third-order valence-corrected chi connectivity index (χ3v) is 3.44. The first kappa shape index (κ1) is 15.3. The van der Waals surface area contributed by atoms with Gasteiger partial charge in [0.05, 0.1) is 0 Å². The fourth-order valence-corrected chi connectivity index (χ4v) is 2.39. The van der Waals surface area contributed by atoms with E-state index in [9.17, 15) is 0 Å². The normalized spacial score (nSPS) is 21.9. The van der Waals surface area contributed by atoms with Crippen LogP contribution in [-0.4, -0.2) is 50.1 Å². The van der Waals surface area contributed by atoms with Crippen molar-refractivity contribution in [3.05, 3.63) is 0 Å². The number of hydrogen-bond donors (Lipinski definition) is 2. The van der Waals surface area contributed by atoms with Crippen LogP contribution in [0.3, 0.4) is 0 Å². The minimum atomic E-state index is 0.732. The molecule has 0 aliphatic carbocycles. The van der Waals surface area contributed by atoms with Crippen molar-refractivity contribution in [1.82, 2.24) is 15.5 Å². The average molecular weight is 254 g/mol. The second-order valence-corrected chi connectivity index (χ2v) is 5.05. The highest BCUT2D eigenvalue weighted by Crippen LogP contribution is 2.16. The topological polar surface area (TPSA) is 39.7 Å². The van der Waals surface area contributed by atoms with Gasteiger partial charge in [-0.25, -0.2) is 0 Å². The monoisotopic (exact) mass is 254 g/mol. The number of rotatable bonds is 6. The highest BCUT2D eigenvalue weighted by molar-refractivity contribution is 5.79. The van der Waals surface area contributed by atoms with Crippen LogP contribution < -0.4 is 10.6 Å². The van der Waals surface area contributed by atoms with Crippen LogP contribution in [0.1, 0.15) is 40.0 Å². The van der Waals surface area contributed by atoms with E-state index in [0.717, 1.165) is 37.9 Å². The van der Waals surface area contributed by atoms with E-state index in [-0.39, 0.29) is 0 Å². The highest BCUT2D eigenvalue weighted by Gasteiger charge is 2.18. The summed E-state index contributed by atoms with van der Waals surface area (Å²) in [5.41, 5.74) is 0. The maximum atomic E-state index is 4.71. The van der Waals surface area contributed by atoms with Crippen molar-refractivity contribution in [2.24, 2.45) is 10.9 Å². The summed E-state index contributed by atoms with van der Waals surface area (Å²) in [5, 5.41) is 6.67. The molecule has 0 saturated carbocycles. The van der Waals surface area contributed by atoms with E-state index < -0.39 is 0 Å². The minimum Gasteiger partial charge on any atom is -0.357 e. The fourth-order valence-electron chi connectivity index (χ4n) is 2.39. The first-order chi connectivity index (χ1) is 8.80. The van der Waals surface area contributed by atoms with Gasteiger partial charge in [-0.2, -0.15) is 0 Å². The van der Waals surface area contributed by atoms with Gasteiger partial charge in [0, 0.05) is 26.2 Å². The number of nitrogens with zero attached hydrogens (tertiary/aromatic N) is 2. The summed E-state index contributed by atoms with van der Waals surface area (Å²) in [6.45, 7) is 13.1. The summed E-state index contributed by atoms with van der Waals surface area (Å²) < 4.78 is 0. The van der Waals surface area contributed by atoms with E-state index in [1.54, 1.807) is 0 Å². The molecule has 2 N–H and O–H groups in total. The molecule has 0 radical (unpaired) electrons. The summed E-state index contributed by atoms with van der Waals surface area (Å²) in [6.07, 6.45) is 3.79.